The lowest BCUT2D eigenvalue weighted by molar-refractivity contribution is 0.601. The number of benzene rings is 1. The van der Waals surface area contributed by atoms with Crippen LogP contribution in [0, 0.1) is 32.1 Å². The minimum absolute atomic E-state index is 0.157. The van der Waals surface area contributed by atoms with E-state index in [4.69, 9.17) is 5.73 Å². The van der Waals surface area contributed by atoms with Gasteiger partial charge < -0.3 is 5.73 Å². The molecule has 110 valence electrons. The van der Waals surface area contributed by atoms with Gasteiger partial charge in [-0.05, 0) is 50.1 Å². The number of aryl methyl sites for hydroxylation is 2. The molecule has 21 heavy (non-hydrogen) atoms. The summed E-state index contributed by atoms with van der Waals surface area (Å²) in [6.07, 6.45) is 0. The number of anilines is 2. The molecule has 0 unspecified atom stereocenters. The molecule has 0 fully saturated rings. The topological polar surface area (TPSA) is 96.0 Å². The molecule has 1 heterocycles. The number of rotatable bonds is 3. The van der Waals surface area contributed by atoms with Crippen LogP contribution in [0.25, 0.3) is 0 Å². The number of hydrogen-bond donors (Lipinski definition) is 2. The third-order valence-corrected chi connectivity index (χ3v) is 5.97. The molecular formula is C14H15N3O2S2. The van der Waals surface area contributed by atoms with Gasteiger partial charge in [-0.3, -0.25) is 4.72 Å². The lowest BCUT2D eigenvalue weighted by Crippen LogP contribution is -2.14. The van der Waals surface area contributed by atoms with Gasteiger partial charge in [0.25, 0.3) is 10.0 Å². The maximum atomic E-state index is 12.5. The number of nitrogen functional groups attached to an aromatic ring is 1. The minimum atomic E-state index is -3.74. The molecule has 0 saturated heterocycles. The zero-order valence-electron chi connectivity index (χ0n) is 11.9. The number of sulfonamides is 1. The lowest BCUT2D eigenvalue weighted by atomic mass is 10.2. The van der Waals surface area contributed by atoms with Crippen LogP contribution in [0.1, 0.15) is 21.6 Å². The summed E-state index contributed by atoms with van der Waals surface area (Å²) in [7, 11) is -3.74. The van der Waals surface area contributed by atoms with E-state index in [0.717, 1.165) is 10.4 Å². The fraction of sp³-hybridized carbons (Fsp3) is 0.214. The monoisotopic (exact) mass is 321 g/mol. The third-order valence-electron chi connectivity index (χ3n) is 3.21. The smallest absolute Gasteiger partial charge is 0.262 e. The fourth-order valence-electron chi connectivity index (χ4n) is 1.98. The molecule has 2 aromatic rings. The first-order chi connectivity index (χ1) is 9.76. The van der Waals surface area contributed by atoms with Gasteiger partial charge >= 0.3 is 0 Å². The van der Waals surface area contributed by atoms with E-state index in [-0.39, 0.29) is 4.90 Å². The van der Waals surface area contributed by atoms with Crippen LogP contribution in [0.5, 0.6) is 0 Å². The van der Waals surface area contributed by atoms with Crippen LogP contribution in [0.2, 0.25) is 0 Å². The first-order valence-corrected chi connectivity index (χ1v) is 8.45. The van der Waals surface area contributed by atoms with E-state index in [1.165, 1.54) is 23.5 Å². The number of nitrogens with one attached hydrogen (secondary N) is 1. The van der Waals surface area contributed by atoms with Crippen molar-refractivity contribution in [2.45, 2.75) is 25.7 Å². The second-order valence-corrected chi connectivity index (χ2v) is 7.61. The van der Waals surface area contributed by atoms with Crippen LogP contribution in [0.3, 0.4) is 0 Å². The van der Waals surface area contributed by atoms with Gasteiger partial charge in [0.15, 0.2) is 0 Å². The molecule has 1 aromatic carbocycles. The molecule has 0 atom stereocenters. The summed E-state index contributed by atoms with van der Waals surface area (Å²) in [6, 6.07) is 6.65. The Balaban J connectivity index is 2.48. The fourth-order valence-corrected chi connectivity index (χ4v) is 4.53. The summed E-state index contributed by atoms with van der Waals surface area (Å²) in [6.45, 7) is 5.34. The van der Waals surface area contributed by atoms with Crippen LogP contribution >= 0.6 is 11.3 Å². The van der Waals surface area contributed by atoms with Crippen molar-refractivity contribution in [2.75, 3.05) is 10.5 Å². The number of nitriles is 1. The second kappa shape index (κ2) is 5.39. The molecule has 0 spiro atoms. The van der Waals surface area contributed by atoms with Crippen LogP contribution in [-0.4, -0.2) is 8.42 Å². The Labute approximate surface area is 128 Å². The largest absolute Gasteiger partial charge is 0.399 e. The molecule has 0 aliphatic carbocycles. The quantitative estimate of drug-likeness (QED) is 0.849. The highest BCUT2D eigenvalue weighted by atomic mass is 32.2. The maximum Gasteiger partial charge on any atom is 0.262 e. The number of thiophene rings is 1. The molecule has 0 aliphatic heterocycles. The highest BCUT2D eigenvalue weighted by Gasteiger charge is 2.21. The number of hydrogen-bond acceptors (Lipinski definition) is 5. The molecule has 0 bridgehead atoms. The predicted molar refractivity (Wildman–Crippen MR) is 84.9 cm³/mol. The van der Waals surface area contributed by atoms with Crippen molar-refractivity contribution in [2.24, 2.45) is 0 Å². The Bertz CT molecular complexity index is 846. The Kier molecular flexibility index (Phi) is 3.94. The molecular weight excluding hydrogens is 306 g/mol. The third kappa shape index (κ3) is 2.86. The second-order valence-electron chi connectivity index (χ2n) is 4.73. The van der Waals surface area contributed by atoms with E-state index in [2.05, 4.69) is 4.72 Å². The van der Waals surface area contributed by atoms with Gasteiger partial charge in [-0.2, -0.15) is 5.26 Å². The zero-order chi connectivity index (χ0) is 15.8. The SMILES string of the molecule is Cc1cc(N)ccc1S(=O)(=O)Nc1sc(C)c(C)c1C#N. The Morgan fingerprint density at radius 3 is 2.52 bits per heavy atom. The first kappa shape index (κ1) is 15.4. The van der Waals surface area contributed by atoms with Crippen LogP contribution in [0.4, 0.5) is 10.7 Å². The standard InChI is InChI=1S/C14H15N3O2S2/c1-8-6-11(16)4-5-13(8)21(18,19)17-14-12(7-15)9(2)10(3)20-14/h4-6,17H,16H2,1-3H3. The van der Waals surface area contributed by atoms with Crippen molar-refractivity contribution in [1.29, 1.82) is 5.26 Å². The summed E-state index contributed by atoms with van der Waals surface area (Å²) in [5.74, 6) is 0. The number of nitrogens with two attached hydrogens (primary N) is 1. The van der Waals surface area contributed by atoms with Gasteiger partial charge in [0.1, 0.15) is 11.1 Å². The summed E-state index contributed by atoms with van der Waals surface area (Å²) in [4.78, 5) is 1.07. The van der Waals surface area contributed by atoms with Gasteiger partial charge in [0.05, 0.1) is 10.5 Å². The average molecular weight is 321 g/mol. The molecule has 1 aromatic heterocycles. The molecule has 0 saturated carbocycles. The molecule has 5 nitrogen and oxygen atoms in total. The van der Waals surface area contributed by atoms with Crippen molar-refractivity contribution >= 4 is 32.0 Å². The molecule has 2 rings (SSSR count). The van der Waals surface area contributed by atoms with Gasteiger partial charge in [-0.15, -0.1) is 11.3 Å². The lowest BCUT2D eigenvalue weighted by Gasteiger charge is -2.09. The van der Waals surface area contributed by atoms with Crippen molar-refractivity contribution < 1.29 is 8.42 Å². The summed E-state index contributed by atoms with van der Waals surface area (Å²) < 4.78 is 27.4. The van der Waals surface area contributed by atoms with Crippen LogP contribution < -0.4 is 10.5 Å². The van der Waals surface area contributed by atoms with Gasteiger partial charge in [-0.1, -0.05) is 0 Å². The van der Waals surface area contributed by atoms with E-state index in [0.29, 0.717) is 21.8 Å². The van der Waals surface area contributed by atoms with E-state index in [1.807, 2.05) is 13.0 Å². The zero-order valence-corrected chi connectivity index (χ0v) is 13.5. The number of nitrogens with zero attached hydrogens (tertiary/aromatic N) is 1. The highest BCUT2D eigenvalue weighted by Crippen LogP contribution is 2.33. The molecule has 0 radical (unpaired) electrons. The predicted octanol–water partition coefficient (Wildman–Crippen LogP) is 2.93. The van der Waals surface area contributed by atoms with Gasteiger partial charge in [0.2, 0.25) is 0 Å². The van der Waals surface area contributed by atoms with Crippen LogP contribution in [0.15, 0.2) is 23.1 Å². The Morgan fingerprint density at radius 2 is 1.95 bits per heavy atom. The average Bonchev–Trinajstić information content (AvgIpc) is 2.63. The molecule has 0 amide bonds. The Morgan fingerprint density at radius 1 is 1.29 bits per heavy atom. The van der Waals surface area contributed by atoms with E-state index >= 15 is 0 Å². The van der Waals surface area contributed by atoms with Crippen molar-refractivity contribution in [1.82, 2.24) is 0 Å². The molecule has 0 aliphatic rings. The molecule has 3 N–H and O–H groups in total. The van der Waals surface area contributed by atoms with E-state index in [1.54, 1.807) is 19.9 Å². The highest BCUT2D eigenvalue weighted by molar-refractivity contribution is 7.93. The van der Waals surface area contributed by atoms with Crippen molar-refractivity contribution in [3.8, 4) is 6.07 Å². The van der Waals surface area contributed by atoms with Crippen LogP contribution in [-0.2, 0) is 10.0 Å². The van der Waals surface area contributed by atoms with Crippen molar-refractivity contribution in [3.05, 3.63) is 39.8 Å². The summed E-state index contributed by atoms with van der Waals surface area (Å²) in [5, 5.41) is 9.53. The van der Waals surface area contributed by atoms with Gasteiger partial charge in [-0.25, -0.2) is 8.42 Å². The van der Waals surface area contributed by atoms with Gasteiger partial charge in [0, 0.05) is 10.6 Å². The van der Waals surface area contributed by atoms with Crippen molar-refractivity contribution in [3.63, 3.8) is 0 Å². The summed E-state index contributed by atoms with van der Waals surface area (Å²) in [5.41, 5.74) is 7.87. The van der Waals surface area contributed by atoms with E-state index in [9.17, 15) is 13.7 Å². The minimum Gasteiger partial charge on any atom is -0.399 e. The maximum absolute atomic E-state index is 12.5. The molecule has 7 heteroatoms. The normalized spacial score (nSPS) is 11.1. The summed E-state index contributed by atoms with van der Waals surface area (Å²) >= 11 is 1.26. The first-order valence-electron chi connectivity index (χ1n) is 6.15. The Hall–Kier alpha value is -2.04. The van der Waals surface area contributed by atoms with E-state index < -0.39 is 10.0 Å².